The molecular weight excluding hydrogens is 324 g/mol. The fourth-order valence-corrected chi connectivity index (χ4v) is 2.71. The van der Waals surface area contributed by atoms with Gasteiger partial charge in [-0.05, 0) is 43.2 Å². The number of ketones is 1. The fourth-order valence-electron chi connectivity index (χ4n) is 1.94. The van der Waals surface area contributed by atoms with E-state index in [1.54, 1.807) is 13.8 Å². The molecule has 0 saturated carbocycles. The van der Waals surface area contributed by atoms with Gasteiger partial charge in [0.2, 0.25) is 0 Å². The Morgan fingerprint density at radius 2 is 1.78 bits per heavy atom. The predicted molar refractivity (Wildman–Crippen MR) is 81.3 cm³/mol. The third-order valence-corrected chi connectivity index (χ3v) is 4.11. The van der Waals surface area contributed by atoms with Crippen LogP contribution in [0.5, 0.6) is 0 Å². The number of carbonyl (C=O) groups excluding carboxylic acids is 1. The molecule has 0 saturated heterocycles. The molecule has 0 bridgehead atoms. The minimum absolute atomic E-state index is 0.221. The molecule has 0 N–H and O–H groups in total. The van der Waals surface area contributed by atoms with Crippen molar-refractivity contribution in [3.05, 3.63) is 57.7 Å². The molecule has 0 heterocycles. The summed E-state index contributed by atoms with van der Waals surface area (Å²) in [5.74, 6) is -0.222. The van der Waals surface area contributed by atoms with Gasteiger partial charge in [-0.15, -0.1) is 0 Å². The lowest BCUT2D eigenvalue weighted by atomic mass is 9.98. The Hall–Kier alpha value is -2.81. The number of benzene rings is 1. The van der Waals surface area contributed by atoms with Gasteiger partial charge in [-0.3, -0.25) is 19.2 Å². The Balaban J connectivity index is 2.32. The molecule has 1 aliphatic carbocycles. The third kappa shape index (κ3) is 3.69. The Bertz CT molecular complexity index is 856. The monoisotopic (exact) mass is 336 g/mol. The Morgan fingerprint density at radius 3 is 2.35 bits per heavy atom. The van der Waals surface area contributed by atoms with Gasteiger partial charge in [0.15, 0.2) is 5.78 Å². The summed E-state index contributed by atoms with van der Waals surface area (Å²) < 4.78 is 28.7. The van der Waals surface area contributed by atoms with E-state index in [-0.39, 0.29) is 22.1 Å². The number of oxime groups is 1. The van der Waals surface area contributed by atoms with Gasteiger partial charge in [-0.1, -0.05) is 11.2 Å². The number of carbonyl (C=O) groups is 1. The summed E-state index contributed by atoms with van der Waals surface area (Å²) in [7, 11) is -4.31. The van der Waals surface area contributed by atoms with Crippen LogP contribution >= 0.6 is 0 Å². The SMILES string of the molecule is CC1=CC(=O)C=C(C)C1=NOS(=O)(=O)c1cccc([N+](=O)[O-])c1. The molecule has 0 radical (unpaired) electrons. The number of rotatable bonds is 4. The number of non-ortho nitro benzene ring substituents is 1. The van der Waals surface area contributed by atoms with Gasteiger partial charge in [0, 0.05) is 12.1 Å². The van der Waals surface area contributed by atoms with Crippen LogP contribution in [0.25, 0.3) is 0 Å². The Labute approximate surface area is 132 Å². The molecular formula is C14H12N2O6S. The van der Waals surface area contributed by atoms with Crippen molar-refractivity contribution >= 4 is 27.3 Å². The molecule has 2 rings (SSSR count). The minimum Gasteiger partial charge on any atom is -0.290 e. The zero-order valence-electron chi connectivity index (χ0n) is 12.2. The molecule has 9 heteroatoms. The van der Waals surface area contributed by atoms with Crippen molar-refractivity contribution in [2.75, 3.05) is 0 Å². The van der Waals surface area contributed by atoms with E-state index in [2.05, 4.69) is 9.44 Å². The van der Waals surface area contributed by atoms with Gasteiger partial charge < -0.3 is 0 Å². The highest BCUT2D eigenvalue weighted by molar-refractivity contribution is 7.86. The highest BCUT2D eigenvalue weighted by Crippen LogP contribution is 2.20. The zero-order valence-corrected chi connectivity index (χ0v) is 13.0. The molecule has 1 aromatic rings. The standard InChI is InChI=1S/C14H12N2O6S/c1-9-6-12(17)7-10(2)14(9)15-22-23(20,21)13-5-3-4-11(8-13)16(18)19/h3-8H,1-2H3. The summed E-state index contributed by atoms with van der Waals surface area (Å²) in [6.07, 6.45) is 2.60. The van der Waals surface area contributed by atoms with Crippen molar-refractivity contribution in [2.24, 2.45) is 5.16 Å². The van der Waals surface area contributed by atoms with Crippen LogP contribution in [-0.4, -0.2) is 24.8 Å². The first-order chi connectivity index (χ1) is 10.7. The van der Waals surface area contributed by atoms with Crippen LogP contribution in [0, 0.1) is 10.1 Å². The number of allylic oxidation sites excluding steroid dienone is 4. The van der Waals surface area contributed by atoms with E-state index < -0.39 is 15.0 Å². The van der Waals surface area contributed by atoms with Crippen molar-refractivity contribution in [3.63, 3.8) is 0 Å². The molecule has 120 valence electrons. The van der Waals surface area contributed by atoms with Crippen LogP contribution in [0.1, 0.15) is 13.8 Å². The molecule has 23 heavy (non-hydrogen) atoms. The molecule has 0 aliphatic heterocycles. The van der Waals surface area contributed by atoms with Crippen LogP contribution < -0.4 is 0 Å². The summed E-state index contributed by atoms with van der Waals surface area (Å²) in [5.41, 5.74) is 0.768. The number of nitro benzene ring substituents is 1. The van der Waals surface area contributed by atoms with E-state index >= 15 is 0 Å². The maximum absolute atomic E-state index is 12.1. The van der Waals surface area contributed by atoms with Gasteiger partial charge >= 0.3 is 10.1 Å². The minimum atomic E-state index is -4.31. The highest BCUT2D eigenvalue weighted by atomic mass is 32.2. The fraction of sp³-hybridized carbons (Fsp3) is 0.143. The maximum Gasteiger partial charge on any atom is 0.358 e. The predicted octanol–water partition coefficient (Wildman–Crippen LogP) is 2.13. The van der Waals surface area contributed by atoms with Crippen molar-refractivity contribution in [2.45, 2.75) is 18.7 Å². The van der Waals surface area contributed by atoms with Gasteiger partial charge in [-0.25, -0.2) is 0 Å². The van der Waals surface area contributed by atoms with Crippen molar-refractivity contribution in [1.29, 1.82) is 0 Å². The van der Waals surface area contributed by atoms with E-state index in [1.807, 2.05) is 0 Å². The molecule has 1 aromatic carbocycles. The van der Waals surface area contributed by atoms with Gasteiger partial charge in [0.05, 0.1) is 4.92 Å². The van der Waals surface area contributed by atoms with Gasteiger partial charge in [0.1, 0.15) is 10.6 Å². The smallest absolute Gasteiger partial charge is 0.290 e. The number of hydrogen-bond donors (Lipinski definition) is 0. The first-order valence-corrected chi connectivity index (χ1v) is 7.79. The van der Waals surface area contributed by atoms with Crippen molar-refractivity contribution < 1.29 is 22.4 Å². The van der Waals surface area contributed by atoms with Crippen molar-refractivity contribution in [3.8, 4) is 0 Å². The molecule has 8 nitrogen and oxygen atoms in total. The van der Waals surface area contributed by atoms with Crippen LogP contribution in [0.4, 0.5) is 5.69 Å². The van der Waals surface area contributed by atoms with E-state index in [9.17, 15) is 23.3 Å². The molecule has 0 spiro atoms. The highest BCUT2D eigenvalue weighted by Gasteiger charge is 2.21. The number of nitro groups is 1. The lowest BCUT2D eigenvalue weighted by molar-refractivity contribution is -0.385. The first-order valence-electron chi connectivity index (χ1n) is 6.38. The second kappa shape index (κ2) is 6.13. The molecule has 1 aliphatic rings. The molecule has 0 fully saturated rings. The largest absolute Gasteiger partial charge is 0.358 e. The Morgan fingerprint density at radius 1 is 1.17 bits per heavy atom. The lowest BCUT2D eigenvalue weighted by Crippen LogP contribution is -2.13. The van der Waals surface area contributed by atoms with E-state index in [0.717, 1.165) is 18.2 Å². The summed E-state index contributed by atoms with van der Waals surface area (Å²) in [5, 5.41) is 14.3. The average molecular weight is 336 g/mol. The second-order valence-electron chi connectivity index (χ2n) is 4.78. The lowest BCUT2D eigenvalue weighted by Gasteiger charge is -2.10. The first kappa shape index (κ1) is 16.6. The Kier molecular flexibility index (Phi) is 4.41. The summed E-state index contributed by atoms with van der Waals surface area (Å²) >= 11 is 0. The number of hydrogen-bond acceptors (Lipinski definition) is 7. The van der Waals surface area contributed by atoms with Gasteiger partial charge in [-0.2, -0.15) is 8.42 Å². The second-order valence-corrected chi connectivity index (χ2v) is 6.31. The van der Waals surface area contributed by atoms with E-state index in [0.29, 0.717) is 11.1 Å². The van der Waals surface area contributed by atoms with Gasteiger partial charge in [0.25, 0.3) is 5.69 Å². The number of nitrogens with zero attached hydrogens (tertiary/aromatic N) is 2. The quantitative estimate of drug-likeness (QED) is 0.472. The zero-order chi connectivity index (χ0) is 17.2. The van der Waals surface area contributed by atoms with Crippen LogP contribution in [-0.2, 0) is 19.2 Å². The maximum atomic E-state index is 12.1. The topological polar surface area (TPSA) is 116 Å². The molecule has 0 aromatic heterocycles. The molecule has 0 amide bonds. The molecule has 0 unspecified atom stereocenters. The van der Waals surface area contributed by atoms with E-state index in [4.69, 9.17) is 0 Å². The summed E-state index contributed by atoms with van der Waals surface area (Å²) in [6.45, 7) is 3.19. The summed E-state index contributed by atoms with van der Waals surface area (Å²) in [4.78, 5) is 20.9. The van der Waals surface area contributed by atoms with Crippen molar-refractivity contribution in [1.82, 2.24) is 0 Å². The van der Waals surface area contributed by atoms with Crippen LogP contribution in [0.3, 0.4) is 0 Å². The summed E-state index contributed by atoms with van der Waals surface area (Å²) in [6, 6.07) is 4.44. The van der Waals surface area contributed by atoms with Crippen LogP contribution in [0.15, 0.2) is 57.6 Å². The van der Waals surface area contributed by atoms with Crippen LogP contribution in [0.2, 0.25) is 0 Å². The third-order valence-electron chi connectivity index (χ3n) is 3.01. The average Bonchev–Trinajstić information content (AvgIpc) is 2.46. The normalized spacial score (nSPS) is 14.9. The van der Waals surface area contributed by atoms with E-state index in [1.165, 1.54) is 18.2 Å². The molecule has 0 atom stereocenters.